The zero-order chi connectivity index (χ0) is 64.1. The minimum absolute atomic E-state index is 0.0254. The molecule has 0 aliphatic rings. The molecule has 2 unspecified atom stereocenters. The van der Waals surface area contributed by atoms with Gasteiger partial charge in [-0.15, -0.1) is 0 Å². The van der Waals surface area contributed by atoms with E-state index < -0.39 is 26.5 Å². The van der Waals surface area contributed by atoms with Crippen LogP contribution in [0.3, 0.4) is 0 Å². The van der Waals surface area contributed by atoms with Crippen LogP contribution in [-0.4, -0.2) is 70.0 Å². The fourth-order valence-electron chi connectivity index (χ4n) is 12.2. The number of carbonyl (C=O) groups excluding carboxylic acids is 2. The number of phosphoric acid groups is 1. The zero-order valence-electron chi connectivity index (χ0n) is 60.0. The van der Waals surface area contributed by atoms with E-state index in [-0.39, 0.29) is 32.0 Å². The SMILES string of the molecule is CCCCCCCCCC/C=C\CCCCCCCCCCCCCCCCCCCCCCCCCCCC(=O)OC(COC(=O)CCCCCCCCCCCCCCCCCCCCCCCCCCCCC)COP(=O)([O-])OCC[N+](C)(C)C. The summed E-state index contributed by atoms with van der Waals surface area (Å²) in [6.45, 7) is 4.34. The van der Waals surface area contributed by atoms with Gasteiger partial charge in [-0.2, -0.15) is 0 Å². The molecule has 0 saturated heterocycles. The maximum atomic E-state index is 12.9. The maximum absolute atomic E-state index is 12.9. The number of hydrogen-bond donors (Lipinski definition) is 0. The monoisotopic (exact) mass is 1260 g/mol. The molecular weight excluding hydrogens is 1110 g/mol. The van der Waals surface area contributed by atoms with Gasteiger partial charge in [0.25, 0.3) is 7.82 Å². The first-order valence-corrected chi connectivity index (χ1v) is 40.9. The molecule has 0 fully saturated rings. The second kappa shape index (κ2) is 70.1. The summed E-state index contributed by atoms with van der Waals surface area (Å²) >= 11 is 0. The predicted molar refractivity (Wildman–Crippen MR) is 379 cm³/mol. The Balaban J connectivity index is 3.89. The van der Waals surface area contributed by atoms with Gasteiger partial charge in [0.05, 0.1) is 27.7 Å². The quantitative estimate of drug-likeness (QED) is 0.0195. The Morgan fingerprint density at radius 1 is 0.341 bits per heavy atom. The third-order valence-electron chi connectivity index (χ3n) is 18.3. The van der Waals surface area contributed by atoms with Crippen molar-refractivity contribution >= 4 is 19.8 Å². The smallest absolute Gasteiger partial charge is 0.306 e. The number of allylic oxidation sites excluding steroid dienone is 2. The maximum Gasteiger partial charge on any atom is 0.306 e. The number of quaternary nitrogens is 1. The number of nitrogens with zero attached hydrogens (tertiary/aromatic N) is 1. The van der Waals surface area contributed by atoms with Gasteiger partial charge in [0.2, 0.25) is 0 Å². The van der Waals surface area contributed by atoms with E-state index in [0.717, 1.165) is 32.1 Å². The third kappa shape index (κ3) is 73.8. The Labute approximate surface area is 549 Å². The molecule has 0 saturated carbocycles. The minimum Gasteiger partial charge on any atom is -0.756 e. The molecule has 88 heavy (non-hydrogen) atoms. The number of likely N-dealkylation sites (N-methyl/N-ethyl adjacent to an activating group) is 1. The van der Waals surface area contributed by atoms with Crippen molar-refractivity contribution in [2.24, 2.45) is 0 Å². The van der Waals surface area contributed by atoms with E-state index in [0.29, 0.717) is 17.4 Å². The number of esters is 2. The molecule has 9 nitrogen and oxygen atoms in total. The fraction of sp³-hybridized carbons (Fsp3) is 0.949. The van der Waals surface area contributed by atoms with Gasteiger partial charge in [-0.05, 0) is 38.5 Å². The molecule has 0 heterocycles. The molecule has 0 radical (unpaired) electrons. The molecular formula is C78H154NO8P. The van der Waals surface area contributed by atoms with Crippen LogP contribution in [-0.2, 0) is 32.7 Å². The van der Waals surface area contributed by atoms with Crippen LogP contribution in [0.25, 0.3) is 0 Å². The number of phosphoric ester groups is 1. The van der Waals surface area contributed by atoms with Gasteiger partial charge in [0.15, 0.2) is 6.10 Å². The summed E-state index contributed by atoms with van der Waals surface area (Å²) in [5.41, 5.74) is 0. The van der Waals surface area contributed by atoms with E-state index >= 15 is 0 Å². The van der Waals surface area contributed by atoms with E-state index in [1.807, 2.05) is 21.1 Å². The number of rotatable bonds is 75. The summed E-state index contributed by atoms with van der Waals surface area (Å²) in [7, 11) is 1.20. The third-order valence-corrected chi connectivity index (χ3v) is 19.2. The highest BCUT2D eigenvalue weighted by Gasteiger charge is 2.22. The highest BCUT2D eigenvalue weighted by molar-refractivity contribution is 7.45. The molecule has 0 bridgehead atoms. The number of hydrogen-bond acceptors (Lipinski definition) is 8. The van der Waals surface area contributed by atoms with Gasteiger partial charge in [0.1, 0.15) is 19.8 Å². The Morgan fingerprint density at radius 3 is 0.841 bits per heavy atom. The molecule has 0 amide bonds. The van der Waals surface area contributed by atoms with Crippen molar-refractivity contribution in [3.8, 4) is 0 Å². The molecule has 524 valence electrons. The van der Waals surface area contributed by atoms with Gasteiger partial charge in [-0.1, -0.05) is 386 Å². The van der Waals surface area contributed by atoms with Crippen molar-refractivity contribution in [1.82, 2.24) is 0 Å². The summed E-state index contributed by atoms with van der Waals surface area (Å²) in [4.78, 5) is 38.1. The van der Waals surface area contributed by atoms with Crippen molar-refractivity contribution < 1.29 is 42.1 Å². The van der Waals surface area contributed by atoms with E-state index in [2.05, 4.69) is 26.0 Å². The minimum atomic E-state index is -4.64. The molecule has 0 spiro atoms. The van der Waals surface area contributed by atoms with Crippen molar-refractivity contribution in [3.63, 3.8) is 0 Å². The molecule has 0 aromatic rings. The summed E-state index contributed by atoms with van der Waals surface area (Å²) < 4.78 is 34.4. The highest BCUT2D eigenvalue weighted by Crippen LogP contribution is 2.38. The molecule has 0 rings (SSSR count). The topological polar surface area (TPSA) is 111 Å². The fourth-order valence-corrected chi connectivity index (χ4v) is 13.0. The second-order valence-corrected chi connectivity index (χ2v) is 29.9. The average molecular weight is 1270 g/mol. The number of ether oxygens (including phenoxy) is 2. The Morgan fingerprint density at radius 2 is 0.580 bits per heavy atom. The molecule has 0 aromatic carbocycles. The average Bonchev–Trinajstić information content (AvgIpc) is 3.68. The van der Waals surface area contributed by atoms with E-state index in [4.69, 9.17) is 18.5 Å². The van der Waals surface area contributed by atoms with Crippen LogP contribution in [0.15, 0.2) is 12.2 Å². The van der Waals surface area contributed by atoms with Crippen molar-refractivity contribution in [3.05, 3.63) is 12.2 Å². The predicted octanol–water partition coefficient (Wildman–Crippen LogP) is 25.2. The van der Waals surface area contributed by atoms with Crippen LogP contribution >= 0.6 is 7.82 Å². The Kier molecular flexibility index (Phi) is 69.1. The van der Waals surface area contributed by atoms with Crippen LogP contribution in [0.1, 0.15) is 425 Å². The lowest BCUT2D eigenvalue weighted by atomic mass is 10.0. The second-order valence-electron chi connectivity index (χ2n) is 28.4. The van der Waals surface area contributed by atoms with Crippen LogP contribution in [0.5, 0.6) is 0 Å². The largest absolute Gasteiger partial charge is 0.756 e. The van der Waals surface area contributed by atoms with Gasteiger partial charge in [-0.3, -0.25) is 14.2 Å². The normalized spacial score (nSPS) is 13.0. The first-order chi connectivity index (χ1) is 43.0. The van der Waals surface area contributed by atoms with Crippen LogP contribution in [0, 0.1) is 0 Å². The highest BCUT2D eigenvalue weighted by atomic mass is 31.2. The van der Waals surface area contributed by atoms with Gasteiger partial charge in [-0.25, -0.2) is 0 Å². The number of carbonyl (C=O) groups is 2. The molecule has 0 aliphatic heterocycles. The first-order valence-electron chi connectivity index (χ1n) is 39.4. The van der Waals surface area contributed by atoms with Gasteiger partial charge >= 0.3 is 11.9 Å². The molecule has 10 heteroatoms. The summed E-state index contributed by atoms with van der Waals surface area (Å²) in [6, 6.07) is 0. The number of unbranched alkanes of at least 4 members (excludes halogenated alkanes) is 59. The summed E-state index contributed by atoms with van der Waals surface area (Å²) in [6.07, 6.45) is 87.7. The standard InChI is InChI=1S/C78H154NO8P/c1-6-8-10-12-14-16-18-20-22-24-26-28-30-32-34-35-36-37-38-39-40-41-42-43-45-47-49-51-53-55-57-59-61-63-65-67-69-71-78(81)87-76(75-86-88(82,83)85-73-72-79(3,4)5)74-84-77(80)70-68-66-64-62-60-58-56-54-52-50-48-46-44-33-31-29-27-25-23-21-19-17-15-13-11-9-7-2/h24,26,76H,6-23,25,27-75H2,1-5H3/b26-24-. The lowest BCUT2D eigenvalue weighted by Gasteiger charge is -2.28. The van der Waals surface area contributed by atoms with Crippen LogP contribution in [0.2, 0.25) is 0 Å². The van der Waals surface area contributed by atoms with Crippen molar-refractivity contribution in [2.75, 3.05) is 47.5 Å². The summed E-state index contributed by atoms with van der Waals surface area (Å²) in [5.74, 6) is -0.803. The van der Waals surface area contributed by atoms with E-state index in [9.17, 15) is 19.0 Å². The molecule has 0 aliphatic carbocycles. The molecule has 0 N–H and O–H groups in total. The first kappa shape index (κ1) is 86.8. The van der Waals surface area contributed by atoms with E-state index in [1.54, 1.807) is 0 Å². The van der Waals surface area contributed by atoms with Gasteiger partial charge < -0.3 is 27.9 Å². The Hall–Kier alpha value is -1.25. The van der Waals surface area contributed by atoms with Crippen molar-refractivity contribution in [1.29, 1.82) is 0 Å². The van der Waals surface area contributed by atoms with Crippen LogP contribution in [0.4, 0.5) is 0 Å². The molecule has 0 aromatic heterocycles. The Bertz CT molecular complexity index is 1490. The van der Waals surface area contributed by atoms with Crippen molar-refractivity contribution in [2.45, 2.75) is 431 Å². The summed E-state index contributed by atoms with van der Waals surface area (Å²) in [5, 5.41) is 0. The zero-order valence-corrected chi connectivity index (χ0v) is 60.9. The van der Waals surface area contributed by atoms with E-state index in [1.165, 1.54) is 360 Å². The van der Waals surface area contributed by atoms with Gasteiger partial charge in [0, 0.05) is 12.8 Å². The lowest BCUT2D eigenvalue weighted by Crippen LogP contribution is -2.37. The van der Waals surface area contributed by atoms with Crippen LogP contribution < -0.4 is 4.89 Å². The molecule has 2 atom stereocenters. The lowest BCUT2D eigenvalue weighted by molar-refractivity contribution is -0.870.